The summed E-state index contributed by atoms with van der Waals surface area (Å²) in [7, 11) is -1.87. The lowest BCUT2D eigenvalue weighted by molar-refractivity contribution is -0.126. The topological polar surface area (TPSA) is 75.7 Å². The van der Waals surface area contributed by atoms with Crippen molar-refractivity contribution in [2.24, 2.45) is 5.92 Å². The molecule has 0 saturated carbocycles. The van der Waals surface area contributed by atoms with Gasteiger partial charge in [-0.25, -0.2) is 8.42 Å². The lowest BCUT2D eigenvalue weighted by Crippen LogP contribution is -2.45. The standard InChI is InChI=1S/C23H32N2O4S2/c1-15(2)19-13-20(16(3)12-21(19)29-5)17(4)24-23(26)18-8-6-10-25(14-18)31(27,28)22-9-7-11-30-22/h7,9,11-13,15,17-18H,6,8,10,14H2,1-5H3,(H,24,26)/t17-,18+/m1/s1. The van der Waals surface area contributed by atoms with Gasteiger partial charge in [0.2, 0.25) is 5.91 Å². The molecular weight excluding hydrogens is 432 g/mol. The second kappa shape index (κ2) is 9.71. The molecule has 1 N–H and O–H groups in total. The van der Waals surface area contributed by atoms with Crippen molar-refractivity contribution in [1.29, 1.82) is 0 Å². The molecular formula is C23H32N2O4S2. The number of aryl methyl sites for hydroxylation is 1. The molecule has 1 aliphatic rings. The van der Waals surface area contributed by atoms with Crippen LogP contribution in [0.15, 0.2) is 33.9 Å². The summed E-state index contributed by atoms with van der Waals surface area (Å²) in [6, 6.07) is 7.29. The van der Waals surface area contributed by atoms with Gasteiger partial charge in [0.15, 0.2) is 0 Å². The third-order valence-electron chi connectivity index (χ3n) is 5.91. The summed E-state index contributed by atoms with van der Waals surface area (Å²) in [4.78, 5) is 13.0. The van der Waals surface area contributed by atoms with Gasteiger partial charge in [0.05, 0.1) is 19.1 Å². The van der Waals surface area contributed by atoms with Gasteiger partial charge in [-0.1, -0.05) is 19.9 Å². The number of benzene rings is 1. The minimum absolute atomic E-state index is 0.0973. The van der Waals surface area contributed by atoms with E-state index < -0.39 is 10.0 Å². The minimum atomic E-state index is -3.54. The molecule has 0 spiro atoms. The van der Waals surface area contributed by atoms with Crippen molar-refractivity contribution >= 4 is 27.3 Å². The molecule has 0 radical (unpaired) electrons. The van der Waals surface area contributed by atoms with Gasteiger partial charge in [0.1, 0.15) is 9.96 Å². The van der Waals surface area contributed by atoms with Crippen LogP contribution in [-0.4, -0.2) is 38.8 Å². The summed E-state index contributed by atoms with van der Waals surface area (Å²) >= 11 is 1.21. The molecule has 0 unspecified atom stereocenters. The number of carbonyl (C=O) groups is 1. The van der Waals surface area contributed by atoms with Gasteiger partial charge in [-0.05, 0) is 72.9 Å². The molecule has 1 fully saturated rings. The number of piperidine rings is 1. The number of nitrogens with one attached hydrogen (secondary N) is 1. The average molecular weight is 465 g/mol. The summed E-state index contributed by atoms with van der Waals surface area (Å²) < 4.78 is 33.0. The first-order valence-corrected chi connectivity index (χ1v) is 13.0. The molecule has 31 heavy (non-hydrogen) atoms. The number of hydrogen-bond acceptors (Lipinski definition) is 5. The smallest absolute Gasteiger partial charge is 0.252 e. The molecule has 6 nitrogen and oxygen atoms in total. The van der Waals surface area contributed by atoms with Crippen LogP contribution in [0.3, 0.4) is 0 Å². The summed E-state index contributed by atoms with van der Waals surface area (Å²) in [6.07, 6.45) is 1.37. The Hall–Kier alpha value is -1.90. The van der Waals surface area contributed by atoms with E-state index in [1.165, 1.54) is 15.6 Å². The van der Waals surface area contributed by atoms with Crippen molar-refractivity contribution in [3.8, 4) is 5.75 Å². The number of sulfonamides is 1. The number of thiophene rings is 1. The highest BCUT2D eigenvalue weighted by molar-refractivity contribution is 7.91. The number of hydrogen-bond donors (Lipinski definition) is 1. The zero-order chi connectivity index (χ0) is 22.8. The fraction of sp³-hybridized carbons (Fsp3) is 0.522. The van der Waals surface area contributed by atoms with E-state index in [0.717, 1.165) is 22.4 Å². The molecule has 8 heteroatoms. The number of methoxy groups -OCH3 is 1. The fourth-order valence-corrected chi connectivity index (χ4v) is 6.80. The molecule has 2 aromatic rings. The van der Waals surface area contributed by atoms with Gasteiger partial charge >= 0.3 is 0 Å². The zero-order valence-electron chi connectivity index (χ0n) is 18.8. The molecule has 1 amide bonds. The van der Waals surface area contributed by atoms with E-state index in [4.69, 9.17) is 4.74 Å². The van der Waals surface area contributed by atoms with Crippen LogP contribution >= 0.6 is 11.3 Å². The monoisotopic (exact) mass is 464 g/mol. The van der Waals surface area contributed by atoms with Gasteiger partial charge in [-0.2, -0.15) is 4.31 Å². The lowest BCUT2D eigenvalue weighted by atomic mass is 9.92. The third-order valence-corrected chi connectivity index (χ3v) is 9.15. The maximum absolute atomic E-state index is 13.0. The molecule has 170 valence electrons. The molecule has 2 atom stereocenters. The largest absolute Gasteiger partial charge is 0.496 e. The molecule has 0 bridgehead atoms. The van der Waals surface area contributed by atoms with Crippen molar-refractivity contribution in [3.63, 3.8) is 0 Å². The number of rotatable bonds is 7. The van der Waals surface area contributed by atoms with Gasteiger partial charge in [0, 0.05) is 13.1 Å². The highest BCUT2D eigenvalue weighted by Gasteiger charge is 2.34. The van der Waals surface area contributed by atoms with E-state index in [-0.39, 0.29) is 24.4 Å². The number of carbonyl (C=O) groups excluding carboxylic acids is 1. The van der Waals surface area contributed by atoms with Gasteiger partial charge in [-0.15, -0.1) is 11.3 Å². The first kappa shape index (κ1) is 23.8. The van der Waals surface area contributed by atoms with Crippen LogP contribution in [0.1, 0.15) is 62.3 Å². The SMILES string of the molecule is COc1cc(C)c([C@@H](C)NC(=O)[C@H]2CCCN(S(=O)(=O)c3cccs3)C2)cc1C(C)C. The van der Waals surface area contributed by atoms with Crippen LogP contribution in [-0.2, 0) is 14.8 Å². The van der Waals surface area contributed by atoms with E-state index in [0.29, 0.717) is 29.5 Å². The van der Waals surface area contributed by atoms with Gasteiger partial charge < -0.3 is 10.1 Å². The number of ether oxygens (including phenoxy) is 1. The molecule has 0 aliphatic carbocycles. The minimum Gasteiger partial charge on any atom is -0.496 e. The van der Waals surface area contributed by atoms with E-state index in [9.17, 15) is 13.2 Å². The van der Waals surface area contributed by atoms with Crippen LogP contribution < -0.4 is 10.1 Å². The van der Waals surface area contributed by atoms with Crippen molar-refractivity contribution in [3.05, 3.63) is 46.3 Å². The molecule has 1 aromatic heterocycles. The Morgan fingerprint density at radius 2 is 2.00 bits per heavy atom. The summed E-state index contributed by atoms with van der Waals surface area (Å²) in [6.45, 7) is 8.89. The van der Waals surface area contributed by atoms with Crippen LogP contribution in [0.25, 0.3) is 0 Å². The Morgan fingerprint density at radius 3 is 2.61 bits per heavy atom. The average Bonchev–Trinajstić information content (AvgIpc) is 3.29. The van der Waals surface area contributed by atoms with Crippen LogP contribution in [0.4, 0.5) is 0 Å². The fourth-order valence-electron chi connectivity index (χ4n) is 4.13. The molecule has 1 saturated heterocycles. The first-order chi connectivity index (χ1) is 14.6. The number of nitrogens with zero attached hydrogens (tertiary/aromatic N) is 1. The van der Waals surface area contributed by atoms with Crippen LogP contribution in [0.5, 0.6) is 5.75 Å². The molecule has 3 rings (SSSR count). The van der Waals surface area contributed by atoms with Gasteiger partial charge in [-0.3, -0.25) is 4.79 Å². The maximum atomic E-state index is 13.0. The highest BCUT2D eigenvalue weighted by Crippen LogP contribution is 2.32. The van der Waals surface area contributed by atoms with Crippen LogP contribution in [0, 0.1) is 12.8 Å². The third kappa shape index (κ3) is 5.13. The normalized spacial score (nSPS) is 18.7. The van der Waals surface area contributed by atoms with E-state index in [1.54, 1.807) is 24.6 Å². The van der Waals surface area contributed by atoms with E-state index >= 15 is 0 Å². The predicted molar refractivity (Wildman–Crippen MR) is 124 cm³/mol. The van der Waals surface area contributed by atoms with Crippen LogP contribution in [0.2, 0.25) is 0 Å². The molecule has 2 heterocycles. The van der Waals surface area contributed by atoms with Crippen molar-refractivity contribution in [1.82, 2.24) is 9.62 Å². The highest BCUT2D eigenvalue weighted by atomic mass is 32.2. The Balaban J connectivity index is 1.73. The van der Waals surface area contributed by atoms with Crippen molar-refractivity contribution in [2.45, 2.75) is 56.7 Å². The zero-order valence-corrected chi connectivity index (χ0v) is 20.5. The van der Waals surface area contributed by atoms with Gasteiger partial charge in [0.25, 0.3) is 10.0 Å². The molecule has 1 aliphatic heterocycles. The Kier molecular flexibility index (Phi) is 7.44. The van der Waals surface area contributed by atoms with Crippen molar-refractivity contribution in [2.75, 3.05) is 20.2 Å². The first-order valence-electron chi connectivity index (χ1n) is 10.7. The molecule has 1 aromatic carbocycles. The Bertz CT molecular complexity index is 1020. The van der Waals surface area contributed by atoms with E-state index in [1.807, 2.05) is 19.9 Å². The maximum Gasteiger partial charge on any atom is 0.252 e. The second-order valence-electron chi connectivity index (χ2n) is 8.47. The quantitative estimate of drug-likeness (QED) is 0.656. The summed E-state index contributed by atoms with van der Waals surface area (Å²) in [5.41, 5.74) is 3.21. The Labute approximate surface area is 189 Å². The number of amides is 1. The van der Waals surface area contributed by atoms with E-state index in [2.05, 4.69) is 25.2 Å². The lowest BCUT2D eigenvalue weighted by Gasteiger charge is -2.31. The summed E-state index contributed by atoms with van der Waals surface area (Å²) in [5, 5.41) is 4.87. The van der Waals surface area contributed by atoms with Crippen molar-refractivity contribution < 1.29 is 17.9 Å². The summed E-state index contributed by atoms with van der Waals surface area (Å²) in [5.74, 6) is 0.706. The second-order valence-corrected chi connectivity index (χ2v) is 11.6. The predicted octanol–water partition coefficient (Wildman–Crippen LogP) is 4.47. The Morgan fingerprint density at radius 1 is 1.26 bits per heavy atom.